The number of hydrogen-bond acceptors (Lipinski definition) is 9. The average molecular weight is 1010 g/mol. The van der Waals surface area contributed by atoms with Gasteiger partial charge in [-0.2, -0.15) is 0 Å². The van der Waals surface area contributed by atoms with E-state index in [9.17, 15) is 14.4 Å². The molecule has 15 rings (SSSR count). The topological polar surface area (TPSA) is 107 Å². The summed E-state index contributed by atoms with van der Waals surface area (Å²) in [7, 11) is -0.577. The normalized spacial score (nSPS) is 34.8. The van der Waals surface area contributed by atoms with Crippen molar-refractivity contribution in [2.75, 3.05) is 19.8 Å². The molecular formula is C63H81O9S+. The van der Waals surface area contributed by atoms with Gasteiger partial charge in [-0.05, 0) is 283 Å². The van der Waals surface area contributed by atoms with Crippen LogP contribution in [0.3, 0.4) is 0 Å². The summed E-state index contributed by atoms with van der Waals surface area (Å²) in [4.78, 5) is 43.4. The molecule has 392 valence electrons. The molecule has 12 aliphatic rings. The lowest BCUT2D eigenvalue weighted by Crippen LogP contribution is -2.57. The van der Waals surface area contributed by atoms with Crippen LogP contribution < -0.4 is 14.2 Å². The van der Waals surface area contributed by atoms with E-state index in [1.165, 1.54) is 116 Å². The highest BCUT2D eigenvalue weighted by Crippen LogP contribution is 2.67. The molecule has 0 aromatic heterocycles. The molecule has 0 heterocycles. The van der Waals surface area contributed by atoms with Crippen LogP contribution in [0.25, 0.3) is 0 Å². The van der Waals surface area contributed by atoms with Gasteiger partial charge >= 0.3 is 17.9 Å². The Balaban J connectivity index is 0.706. The van der Waals surface area contributed by atoms with Crippen LogP contribution in [-0.2, 0) is 39.5 Å². The maximum atomic E-state index is 13.4. The molecule has 12 saturated carbocycles. The van der Waals surface area contributed by atoms with E-state index >= 15 is 0 Å². The SMILES string of the molecule is CC(C)(OC(=O)COc1ccc([S+](c2ccc(OCC(=O)OC(C)(C)C34CC5CC(CC(C5)C3)C4)cc2)c2ccc(OCC(=O)OC(C)(C)C34CC5CC(CC(C5)C3)C4)cc2)cc1)C12CC3CC(CC(C3)C1)C2. The minimum atomic E-state index is -0.577. The highest BCUT2D eigenvalue weighted by molar-refractivity contribution is 7.97. The van der Waals surface area contributed by atoms with Crippen LogP contribution in [0, 0.1) is 69.5 Å². The minimum absolute atomic E-state index is 0.0660. The Hall–Kier alpha value is -4.18. The Morgan fingerprint density at radius 2 is 0.562 bits per heavy atom. The molecule has 0 spiro atoms. The van der Waals surface area contributed by atoms with Crippen molar-refractivity contribution in [3.63, 3.8) is 0 Å². The molecule has 3 aromatic rings. The largest absolute Gasteiger partial charge is 0.482 e. The van der Waals surface area contributed by atoms with E-state index in [0.29, 0.717) is 17.2 Å². The van der Waals surface area contributed by atoms with Crippen molar-refractivity contribution in [1.82, 2.24) is 0 Å². The van der Waals surface area contributed by atoms with Gasteiger partial charge < -0.3 is 28.4 Å². The first-order chi connectivity index (χ1) is 34.8. The van der Waals surface area contributed by atoms with Gasteiger partial charge in [-0.15, -0.1) is 0 Å². The van der Waals surface area contributed by atoms with Crippen LogP contribution in [0.15, 0.2) is 87.5 Å². The van der Waals surface area contributed by atoms with E-state index in [0.717, 1.165) is 67.9 Å². The number of benzene rings is 3. The fourth-order valence-corrected chi connectivity index (χ4v) is 20.7. The first kappa shape index (κ1) is 49.7. The van der Waals surface area contributed by atoms with E-state index in [2.05, 4.69) is 77.9 Å². The number of carbonyl (C=O) groups excluding carboxylic acids is 3. The van der Waals surface area contributed by atoms with Gasteiger partial charge in [0.2, 0.25) is 0 Å². The van der Waals surface area contributed by atoms with E-state index < -0.39 is 27.7 Å². The number of carbonyl (C=O) groups is 3. The summed E-state index contributed by atoms with van der Waals surface area (Å²) in [6.45, 7) is 12.3. The zero-order chi connectivity index (χ0) is 50.5. The van der Waals surface area contributed by atoms with E-state index in [4.69, 9.17) is 28.4 Å². The van der Waals surface area contributed by atoms with Gasteiger partial charge in [0.15, 0.2) is 34.5 Å². The van der Waals surface area contributed by atoms with E-state index in [1.807, 2.05) is 36.4 Å². The lowest BCUT2D eigenvalue weighted by molar-refractivity contribution is -0.200. The molecule has 12 fully saturated rings. The van der Waals surface area contributed by atoms with Gasteiger partial charge in [0.05, 0.1) is 10.9 Å². The van der Waals surface area contributed by atoms with Gasteiger partial charge in [0.1, 0.15) is 34.1 Å². The van der Waals surface area contributed by atoms with E-state index in [-0.39, 0.29) is 54.0 Å². The summed E-state index contributed by atoms with van der Waals surface area (Å²) >= 11 is 0. The molecule has 12 aliphatic carbocycles. The molecule has 0 amide bonds. The molecule has 0 radical (unpaired) electrons. The standard InChI is InChI=1S/C63H81O9S/c1-58(2,61-28-40-19-41(29-61)21-42(20-40)30-61)70-55(64)37-67-49-7-13-52(14-8-49)73(53-15-9-50(10-16-53)68-38-56(65)71-59(3,4)62-31-43-22-44(32-62)24-45(23-43)33-62)54-17-11-51(12-18-54)69-39-57(66)72-60(5,6)63-34-46-25-47(35-63)27-48(26-46)36-63/h7-18,40-48H,19-39H2,1-6H3/q+1. The first-order valence-corrected chi connectivity index (χ1v) is 29.6. The Bertz CT molecular complexity index is 2160. The molecule has 0 saturated heterocycles. The van der Waals surface area contributed by atoms with Gasteiger partial charge in [0, 0.05) is 16.2 Å². The van der Waals surface area contributed by atoms with Crippen LogP contribution in [-0.4, -0.2) is 54.5 Å². The van der Waals surface area contributed by atoms with Crippen molar-refractivity contribution in [3.05, 3.63) is 72.8 Å². The first-order valence-electron chi connectivity index (χ1n) is 28.4. The summed E-state index contributed by atoms with van der Waals surface area (Å²) in [5.41, 5.74) is -1.41. The summed E-state index contributed by atoms with van der Waals surface area (Å²) in [6, 6.07) is 23.9. The van der Waals surface area contributed by atoms with Gasteiger partial charge in [-0.1, -0.05) is 0 Å². The fraction of sp³-hybridized carbons (Fsp3) is 0.667. The van der Waals surface area contributed by atoms with Crippen molar-refractivity contribution >= 4 is 28.8 Å². The summed E-state index contributed by atoms with van der Waals surface area (Å²) in [5, 5.41) is 0. The Labute approximate surface area is 437 Å². The molecule has 12 bridgehead atoms. The van der Waals surface area contributed by atoms with Crippen LogP contribution in [0.2, 0.25) is 0 Å². The van der Waals surface area contributed by atoms with Crippen molar-refractivity contribution in [1.29, 1.82) is 0 Å². The van der Waals surface area contributed by atoms with Gasteiger partial charge in [-0.25, -0.2) is 14.4 Å². The second-order valence-corrected chi connectivity index (χ2v) is 29.2. The van der Waals surface area contributed by atoms with Crippen molar-refractivity contribution in [2.45, 2.75) is 189 Å². The number of hydrogen-bond donors (Lipinski definition) is 0. The second-order valence-electron chi connectivity index (χ2n) is 27.1. The molecule has 0 unspecified atom stereocenters. The van der Waals surface area contributed by atoms with E-state index in [1.54, 1.807) is 0 Å². The van der Waals surface area contributed by atoms with Crippen molar-refractivity contribution in [3.8, 4) is 17.2 Å². The molecule has 3 aromatic carbocycles. The van der Waals surface area contributed by atoms with Gasteiger partial charge in [-0.3, -0.25) is 0 Å². The quantitative estimate of drug-likeness (QED) is 0.0699. The maximum absolute atomic E-state index is 13.4. The third-order valence-corrected chi connectivity index (χ3v) is 23.5. The summed E-state index contributed by atoms with van der Waals surface area (Å²) in [5.74, 6) is 7.77. The lowest BCUT2D eigenvalue weighted by atomic mass is 9.46. The molecule has 0 N–H and O–H groups in total. The highest BCUT2D eigenvalue weighted by atomic mass is 32.2. The minimum Gasteiger partial charge on any atom is -0.482 e. The predicted octanol–water partition coefficient (Wildman–Crippen LogP) is 13.5. The highest BCUT2D eigenvalue weighted by Gasteiger charge is 2.61. The second kappa shape index (κ2) is 18.5. The Morgan fingerprint density at radius 1 is 0.370 bits per heavy atom. The zero-order valence-corrected chi connectivity index (χ0v) is 45.4. The van der Waals surface area contributed by atoms with Crippen molar-refractivity contribution in [2.24, 2.45) is 69.5 Å². The smallest absolute Gasteiger partial charge is 0.344 e. The van der Waals surface area contributed by atoms with Crippen LogP contribution in [0.4, 0.5) is 0 Å². The molecule has 0 aliphatic heterocycles. The molecular weight excluding hydrogens is 933 g/mol. The van der Waals surface area contributed by atoms with Crippen molar-refractivity contribution < 1.29 is 42.8 Å². The van der Waals surface area contributed by atoms with Crippen LogP contribution in [0.1, 0.15) is 157 Å². The Morgan fingerprint density at radius 3 is 0.753 bits per heavy atom. The van der Waals surface area contributed by atoms with Crippen LogP contribution in [0.5, 0.6) is 17.2 Å². The van der Waals surface area contributed by atoms with Gasteiger partial charge in [0.25, 0.3) is 0 Å². The zero-order valence-electron chi connectivity index (χ0n) is 44.6. The van der Waals surface area contributed by atoms with Crippen LogP contribution >= 0.6 is 0 Å². The third-order valence-electron chi connectivity index (χ3n) is 21.3. The predicted molar refractivity (Wildman–Crippen MR) is 280 cm³/mol. The summed E-state index contributed by atoms with van der Waals surface area (Å²) < 4.78 is 37.2. The third kappa shape index (κ3) is 9.50. The Kier molecular flexibility index (Phi) is 12.6. The molecule has 10 heteroatoms. The molecule has 9 nitrogen and oxygen atoms in total. The number of ether oxygens (including phenoxy) is 6. The monoisotopic (exact) mass is 1010 g/mol. The lowest BCUT2D eigenvalue weighted by Gasteiger charge is -2.61. The molecule has 0 atom stereocenters. The summed E-state index contributed by atoms with van der Waals surface area (Å²) in [6.07, 6.45) is 22.6. The number of rotatable bonds is 18. The maximum Gasteiger partial charge on any atom is 0.344 e. The number of esters is 3. The molecule has 73 heavy (non-hydrogen) atoms. The average Bonchev–Trinajstić information content (AvgIpc) is 3.32. The fourth-order valence-electron chi connectivity index (χ4n) is 18.7.